The van der Waals surface area contributed by atoms with Gasteiger partial charge in [-0.05, 0) is 18.4 Å². The molecule has 2 aromatic rings. The Balaban J connectivity index is 1.53. The number of hydrogen-bond donors (Lipinski definition) is 1. The molecule has 6 heteroatoms. The topological polar surface area (TPSA) is 47.6 Å². The van der Waals surface area contributed by atoms with Crippen molar-refractivity contribution in [2.75, 3.05) is 13.7 Å². The van der Waals surface area contributed by atoms with Crippen molar-refractivity contribution in [1.29, 1.82) is 0 Å². The number of halogens is 2. The minimum Gasteiger partial charge on any atom is -0.497 e. The van der Waals surface area contributed by atoms with Gasteiger partial charge in [-0.2, -0.15) is 0 Å². The van der Waals surface area contributed by atoms with Crippen molar-refractivity contribution in [1.82, 2.24) is 5.32 Å². The number of fused-ring (bicyclic) bond motifs is 1. The number of benzene rings is 2. The average molecular weight is 373 g/mol. The highest BCUT2D eigenvalue weighted by Crippen LogP contribution is 2.45. The summed E-state index contributed by atoms with van der Waals surface area (Å²) in [5.74, 6) is -2.28. The Morgan fingerprint density at radius 1 is 1.22 bits per heavy atom. The molecule has 0 bridgehead atoms. The van der Waals surface area contributed by atoms with Gasteiger partial charge in [-0.25, -0.2) is 8.78 Å². The molecule has 2 aromatic carbocycles. The van der Waals surface area contributed by atoms with E-state index in [1.165, 1.54) is 7.11 Å². The van der Waals surface area contributed by atoms with E-state index in [1.807, 2.05) is 30.3 Å². The summed E-state index contributed by atoms with van der Waals surface area (Å²) in [5, 5.41) is 2.85. The number of nitrogens with one attached hydrogen (secondary N) is 1. The third kappa shape index (κ3) is 3.30. The van der Waals surface area contributed by atoms with Gasteiger partial charge in [0.2, 0.25) is 0 Å². The molecule has 1 aliphatic heterocycles. The molecule has 1 saturated carbocycles. The third-order valence-corrected chi connectivity index (χ3v) is 5.62. The second-order valence-corrected chi connectivity index (χ2v) is 7.11. The van der Waals surface area contributed by atoms with E-state index >= 15 is 0 Å². The Kier molecular flexibility index (Phi) is 4.83. The van der Waals surface area contributed by atoms with Gasteiger partial charge in [-0.15, -0.1) is 0 Å². The first-order chi connectivity index (χ1) is 13.1. The first kappa shape index (κ1) is 17.9. The number of methoxy groups -OCH3 is 1. The van der Waals surface area contributed by atoms with Crippen LogP contribution in [0.3, 0.4) is 0 Å². The van der Waals surface area contributed by atoms with Crippen LogP contribution in [-0.4, -0.2) is 31.8 Å². The van der Waals surface area contributed by atoms with Crippen LogP contribution in [0.5, 0.6) is 5.75 Å². The lowest BCUT2D eigenvalue weighted by Crippen LogP contribution is -2.62. The van der Waals surface area contributed by atoms with Crippen LogP contribution < -0.4 is 10.1 Å². The average Bonchev–Trinajstić information content (AvgIpc) is 3.09. The summed E-state index contributed by atoms with van der Waals surface area (Å²) in [7, 11) is 1.32. The number of carbonyl (C=O) groups excluding carboxylic acids is 1. The zero-order valence-corrected chi connectivity index (χ0v) is 15.0. The molecule has 4 atom stereocenters. The fraction of sp³-hybridized carbons (Fsp3) is 0.381. The summed E-state index contributed by atoms with van der Waals surface area (Å²) in [4.78, 5) is 12.6. The van der Waals surface area contributed by atoms with Crippen LogP contribution in [0, 0.1) is 23.5 Å². The Bertz CT molecular complexity index is 820. The summed E-state index contributed by atoms with van der Waals surface area (Å²) in [6, 6.07) is 11.8. The van der Waals surface area contributed by atoms with E-state index in [0.29, 0.717) is 6.61 Å². The maximum atomic E-state index is 14.2. The van der Waals surface area contributed by atoms with Crippen molar-refractivity contribution in [3.05, 3.63) is 65.2 Å². The fourth-order valence-corrected chi connectivity index (χ4v) is 4.28. The molecule has 2 aliphatic rings. The van der Waals surface area contributed by atoms with Gasteiger partial charge in [0.1, 0.15) is 22.9 Å². The molecule has 1 heterocycles. The molecule has 2 fully saturated rings. The lowest BCUT2D eigenvalue weighted by atomic mass is 9.64. The Morgan fingerprint density at radius 3 is 2.59 bits per heavy atom. The zero-order valence-electron chi connectivity index (χ0n) is 15.0. The van der Waals surface area contributed by atoms with Gasteiger partial charge in [0.15, 0.2) is 0 Å². The highest BCUT2D eigenvalue weighted by Gasteiger charge is 2.54. The van der Waals surface area contributed by atoms with Gasteiger partial charge in [0.25, 0.3) is 5.91 Å². The summed E-state index contributed by atoms with van der Waals surface area (Å²) >= 11 is 0. The molecule has 4 rings (SSSR count). The third-order valence-electron chi connectivity index (χ3n) is 5.62. The fourth-order valence-electron chi connectivity index (χ4n) is 4.28. The van der Waals surface area contributed by atoms with Gasteiger partial charge >= 0.3 is 0 Å². The summed E-state index contributed by atoms with van der Waals surface area (Å²) in [6.07, 6.45) is 1.68. The van der Waals surface area contributed by atoms with E-state index in [-0.39, 0.29) is 29.7 Å². The lowest BCUT2D eigenvalue weighted by molar-refractivity contribution is -0.0528. The van der Waals surface area contributed by atoms with Crippen molar-refractivity contribution in [2.24, 2.45) is 11.8 Å². The molecule has 0 radical (unpaired) electrons. The Morgan fingerprint density at radius 2 is 1.93 bits per heavy atom. The predicted octanol–water partition coefficient (Wildman–Crippen LogP) is 3.35. The van der Waals surface area contributed by atoms with E-state index < -0.39 is 23.1 Å². The molecule has 1 saturated heterocycles. The smallest absolute Gasteiger partial charge is 0.257 e. The van der Waals surface area contributed by atoms with Crippen molar-refractivity contribution < 1.29 is 23.0 Å². The first-order valence-corrected chi connectivity index (χ1v) is 9.08. The molecular formula is C21H21F2NO3. The molecular weight excluding hydrogens is 352 g/mol. The second kappa shape index (κ2) is 7.27. The Labute approximate surface area is 156 Å². The van der Waals surface area contributed by atoms with E-state index in [0.717, 1.165) is 30.5 Å². The van der Waals surface area contributed by atoms with E-state index in [2.05, 4.69) is 5.32 Å². The molecule has 1 aliphatic carbocycles. The normalized spacial score (nSPS) is 26.2. The van der Waals surface area contributed by atoms with Crippen LogP contribution in [0.25, 0.3) is 0 Å². The molecule has 0 aromatic heterocycles. The van der Waals surface area contributed by atoms with Crippen LogP contribution in [0.4, 0.5) is 8.78 Å². The van der Waals surface area contributed by atoms with Gasteiger partial charge in [0, 0.05) is 36.6 Å². The van der Waals surface area contributed by atoms with E-state index in [9.17, 15) is 13.6 Å². The highest BCUT2D eigenvalue weighted by molar-refractivity contribution is 5.95. The monoisotopic (exact) mass is 373 g/mol. The minimum absolute atomic E-state index is 0.0383. The largest absolute Gasteiger partial charge is 0.497 e. The SMILES string of the molecule is COc1cc(F)c(C(=O)N[C@@H]2[C@@H](Cc3ccccc3)[C@H]3OCC[C@@H]23)c(F)c1. The standard InChI is InChI=1S/C21H21F2NO3/c1-26-13-10-16(22)18(17(23)11-13)21(25)24-19-14-7-8-27-20(14)15(19)9-12-5-3-2-4-6-12/h2-6,10-11,14-15,19-20H,7-9H2,1H3,(H,24,25)/t14-,15+,19-,20-/m0/s1. The lowest BCUT2D eigenvalue weighted by Gasteiger charge is -2.48. The Hall–Kier alpha value is -2.47. The number of carbonyl (C=O) groups is 1. The van der Waals surface area contributed by atoms with Crippen LogP contribution in [0.2, 0.25) is 0 Å². The summed E-state index contributed by atoms with van der Waals surface area (Å²) in [5.41, 5.74) is 0.578. The van der Waals surface area contributed by atoms with Gasteiger partial charge in [0.05, 0.1) is 13.2 Å². The van der Waals surface area contributed by atoms with Crippen molar-refractivity contribution in [3.63, 3.8) is 0 Å². The second-order valence-electron chi connectivity index (χ2n) is 7.11. The maximum absolute atomic E-state index is 14.2. The van der Waals surface area contributed by atoms with Crippen LogP contribution in [0.1, 0.15) is 22.3 Å². The van der Waals surface area contributed by atoms with Gasteiger partial charge in [-0.3, -0.25) is 4.79 Å². The minimum atomic E-state index is -0.928. The quantitative estimate of drug-likeness (QED) is 0.874. The predicted molar refractivity (Wildman–Crippen MR) is 95.6 cm³/mol. The van der Waals surface area contributed by atoms with E-state index in [4.69, 9.17) is 9.47 Å². The van der Waals surface area contributed by atoms with Gasteiger partial charge in [-0.1, -0.05) is 30.3 Å². The van der Waals surface area contributed by atoms with Crippen molar-refractivity contribution in [2.45, 2.75) is 25.0 Å². The molecule has 1 amide bonds. The highest BCUT2D eigenvalue weighted by atomic mass is 19.1. The molecule has 1 N–H and O–H groups in total. The van der Waals surface area contributed by atoms with Crippen molar-refractivity contribution >= 4 is 5.91 Å². The number of rotatable bonds is 5. The summed E-state index contributed by atoms with van der Waals surface area (Å²) < 4.78 is 39.1. The maximum Gasteiger partial charge on any atom is 0.257 e. The summed E-state index contributed by atoms with van der Waals surface area (Å²) in [6.45, 7) is 0.651. The molecule has 27 heavy (non-hydrogen) atoms. The first-order valence-electron chi connectivity index (χ1n) is 9.08. The van der Waals surface area contributed by atoms with Crippen LogP contribution in [-0.2, 0) is 11.2 Å². The van der Waals surface area contributed by atoms with Crippen molar-refractivity contribution in [3.8, 4) is 5.75 Å². The molecule has 0 spiro atoms. The van der Waals surface area contributed by atoms with Crippen LogP contribution in [0.15, 0.2) is 42.5 Å². The number of hydrogen-bond acceptors (Lipinski definition) is 3. The molecule has 142 valence electrons. The molecule has 0 unspecified atom stereocenters. The molecule has 4 nitrogen and oxygen atoms in total. The zero-order chi connectivity index (χ0) is 19.0. The van der Waals surface area contributed by atoms with E-state index in [1.54, 1.807) is 0 Å². The van der Waals surface area contributed by atoms with Gasteiger partial charge < -0.3 is 14.8 Å². The number of ether oxygens (including phenoxy) is 2. The van der Waals surface area contributed by atoms with Crippen LogP contribution >= 0.6 is 0 Å². The number of amides is 1.